The molecule has 2 saturated heterocycles. The number of hydrogen-bond acceptors (Lipinski definition) is 4. The van der Waals surface area contributed by atoms with Crippen LogP contribution >= 0.6 is 0 Å². The molecule has 6 aliphatic rings. The van der Waals surface area contributed by atoms with Gasteiger partial charge in [0.25, 0.3) is 0 Å². The van der Waals surface area contributed by atoms with Crippen LogP contribution in [0.4, 0.5) is 0 Å². The molecular weight excluding hydrogens is 328 g/mol. The van der Waals surface area contributed by atoms with Crippen LogP contribution in [0.2, 0.25) is 0 Å². The SMILES string of the molecule is CCC(OC(=O)C1CC2OC1C1C3C=CC(C3)C21)OC12CCC(CC1)C2. The number of esters is 1. The maximum absolute atomic E-state index is 13.0. The van der Waals surface area contributed by atoms with Crippen LogP contribution in [-0.2, 0) is 19.0 Å². The Labute approximate surface area is 155 Å². The second-order valence-electron chi connectivity index (χ2n) is 9.81. The van der Waals surface area contributed by atoms with Crippen molar-refractivity contribution in [3.63, 3.8) is 0 Å². The molecule has 4 heteroatoms. The fourth-order valence-electron chi connectivity index (χ4n) is 7.45. The first-order chi connectivity index (χ1) is 12.7. The minimum absolute atomic E-state index is 0.00268. The van der Waals surface area contributed by atoms with Crippen LogP contribution in [0, 0.1) is 35.5 Å². The Morgan fingerprint density at radius 3 is 2.65 bits per heavy atom. The van der Waals surface area contributed by atoms with E-state index in [0.29, 0.717) is 23.7 Å². The molecule has 142 valence electrons. The van der Waals surface area contributed by atoms with Gasteiger partial charge in [-0.2, -0.15) is 0 Å². The Morgan fingerprint density at radius 2 is 1.96 bits per heavy atom. The first-order valence-corrected chi connectivity index (χ1v) is 10.9. The number of carbonyl (C=O) groups is 1. The number of hydrogen-bond donors (Lipinski definition) is 0. The van der Waals surface area contributed by atoms with Crippen molar-refractivity contribution in [2.24, 2.45) is 35.5 Å². The van der Waals surface area contributed by atoms with Gasteiger partial charge in [-0.25, -0.2) is 0 Å². The van der Waals surface area contributed by atoms with Gasteiger partial charge < -0.3 is 14.2 Å². The summed E-state index contributed by atoms with van der Waals surface area (Å²) in [6, 6.07) is 0. The molecule has 6 rings (SSSR count). The highest BCUT2D eigenvalue weighted by atomic mass is 16.7. The minimum atomic E-state index is -0.380. The lowest BCUT2D eigenvalue weighted by atomic mass is 9.69. The molecule has 8 atom stereocenters. The zero-order chi connectivity index (χ0) is 17.5. The molecule has 4 aliphatic carbocycles. The molecule has 6 bridgehead atoms. The summed E-state index contributed by atoms with van der Waals surface area (Å²) in [6.07, 6.45) is 13.6. The lowest BCUT2D eigenvalue weighted by Gasteiger charge is -2.34. The van der Waals surface area contributed by atoms with E-state index in [9.17, 15) is 4.79 Å². The minimum Gasteiger partial charge on any atom is -0.435 e. The average molecular weight is 358 g/mol. The van der Waals surface area contributed by atoms with E-state index in [-0.39, 0.29) is 36.0 Å². The van der Waals surface area contributed by atoms with E-state index in [4.69, 9.17) is 14.2 Å². The lowest BCUT2D eigenvalue weighted by molar-refractivity contribution is -0.216. The molecule has 5 fully saturated rings. The van der Waals surface area contributed by atoms with Crippen LogP contribution in [0.15, 0.2) is 12.2 Å². The van der Waals surface area contributed by atoms with Crippen LogP contribution in [0.25, 0.3) is 0 Å². The normalized spacial score (nSPS) is 53.4. The van der Waals surface area contributed by atoms with E-state index in [1.165, 1.54) is 19.3 Å². The number of ether oxygens (including phenoxy) is 3. The van der Waals surface area contributed by atoms with Gasteiger partial charge in [-0.05, 0) is 74.5 Å². The highest BCUT2D eigenvalue weighted by Gasteiger charge is 2.64. The Bertz CT molecular complexity index is 634. The third-order valence-corrected chi connectivity index (χ3v) is 8.55. The second kappa shape index (κ2) is 5.57. The maximum atomic E-state index is 13.0. The molecule has 0 spiro atoms. The predicted octanol–water partition coefficient (Wildman–Crippen LogP) is 3.84. The van der Waals surface area contributed by atoms with Crippen LogP contribution < -0.4 is 0 Å². The first kappa shape index (κ1) is 16.1. The van der Waals surface area contributed by atoms with Gasteiger partial charge in [0.15, 0.2) is 0 Å². The molecular formula is C22H30O4. The molecule has 26 heavy (non-hydrogen) atoms. The van der Waals surface area contributed by atoms with E-state index in [0.717, 1.165) is 38.0 Å². The zero-order valence-electron chi connectivity index (χ0n) is 15.6. The standard InChI is InChI=1S/C22H30O4/c1-2-17(26-22-7-5-12(11-22)6-8-22)25-21(23)15-10-16-18-13-3-4-14(9-13)19(18)20(15)24-16/h3-4,12-20H,2,5-11H2,1H3. The predicted molar refractivity (Wildman–Crippen MR) is 95.0 cm³/mol. The molecule has 0 aromatic rings. The first-order valence-electron chi connectivity index (χ1n) is 10.9. The highest BCUT2D eigenvalue weighted by molar-refractivity contribution is 5.74. The summed E-state index contributed by atoms with van der Waals surface area (Å²) in [5.74, 6) is 3.21. The van der Waals surface area contributed by atoms with E-state index < -0.39 is 0 Å². The van der Waals surface area contributed by atoms with Crippen LogP contribution in [-0.4, -0.2) is 30.1 Å². The van der Waals surface area contributed by atoms with E-state index >= 15 is 0 Å². The molecule has 4 nitrogen and oxygen atoms in total. The second-order valence-corrected chi connectivity index (χ2v) is 9.81. The largest absolute Gasteiger partial charge is 0.435 e. The van der Waals surface area contributed by atoms with E-state index in [1.807, 2.05) is 0 Å². The van der Waals surface area contributed by atoms with Crippen LogP contribution in [0.1, 0.15) is 58.3 Å². The Morgan fingerprint density at radius 1 is 1.19 bits per heavy atom. The van der Waals surface area contributed by atoms with Gasteiger partial charge in [0.05, 0.1) is 23.7 Å². The number of fused-ring (bicyclic) bond motifs is 11. The maximum Gasteiger partial charge on any atom is 0.313 e. The monoisotopic (exact) mass is 358 g/mol. The summed E-state index contributed by atoms with van der Waals surface area (Å²) >= 11 is 0. The summed E-state index contributed by atoms with van der Waals surface area (Å²) in [7, 11) is 0. The Hall–Kier alpha value is -0.870. The quantitative estimate of drug-likeness (QED) is 0.425. The topological polar surface area (TPSA) is 44.8 Å². The molecule has 0 aromatic heterocycles. The van der Waals surface area contributed by atoms with Gasteiger partial charge in [-0.3, -0.25) is 4.79 Å². The van der Waals surface area contributed by atoms with Gasteiger partial charge in [0.1, 0.15) is 0 Å². The average Bonchev–Trinajstić information content (AvgIpc) is 3.47. The van der Waals surface area contributed by atoms with Crippen molar-refractivity contribution in [3.8, 4) is 0 Å². The van der Waals surface area contributed by atoms with E-state index in [2.05, 4.69) is 19.1 Å². The zero-order valence-corrected chi connectivity index (χ0v) is 15.6. The van der Waals surface area contributed by atoms with Gasteiger partial charge in [0, 0.05) is 6.42 Å². The van der Waals surface area contributed by atoms with Gasteiger partial charge >= 0.3 is 5.97 Å². The highest BCUT2D eigenvalue weighted by Crippen LogP contribution is 2.61. The van der Waals surface area contributed by atoms with Crippen molar-refractivity contribution in [2.45, 2.75) is 82.4 Å². The van der Waals surface area contributed by atoms with Crippen LogP contribution in [0.3, 0.4) is 0 Å². The molecule has 0 radical (unpaired) electrons. The molecule has 8 unspecified atom stereocenters. The fourth-order valence-corrected chi connectivity index (χ4v) is 7.45. The van der Waals surface area contributed by atoms with E-state index in [1.54, 1.807) is 0 Å². The van der Waals surface area contributed by atoms with Gasteiger partial charge in [0.2, 0.25) is 6.29 Å². The molecule has 0 N–H and O–H groups in total. The third-order valence-electron chi connectivity index (χ3n) is 8.55. The van der Waals surface area contributed by atoms with Crippen LogP contribution in [0.5, 0.6) is 0 Å². The summed E-state index contributed by atoms with van der Waals surface area (Å²) in [5, 5.41) is 0. The van der Waals surface area contributed by atoms with Crippen molar-refractivity contribution in [1.29, 1.82) is 0 Å². The summed E-state index contributed by atoms with van der Waals surface area (Å²) < 4.78 is 18.6. The molecule has 3 saturated carbocycles. The lowest BCUT2D eigenvalue weighted by Crippen LogP contribution is -2.42. The molecule has 0 aromatic carbocycles. The molecule has 0 amide bonds. The Kier molecular flexibility index (Phi) is 3.45. The number of rotatable bonds is 5. The molecule has 2 heterocycles. The summed E-state index contributed by atoms with van der Waals surface area (Å²) in [6.45, 7) is 2.06. The van der Waals surface area contributed by atoms with Crippen molar-refractivity contribution < 1.29 is 19.0 Å². The smallest absolute Gasteiger partial charge is 0.313 e. The third kappa shape index (κ3) is 2.18. The molecule has 2 aliphatic heterocycles. The number of allylic oxidation sites excluding steroid dienone is 2. The summed E-state index contributed by atoms with van der Waals surface area (Å²) in [4.78, 5) is 13.0. The van der Waals surface area contributed by atoms with Crippen molar-refractivity contribution >= 4 is 5.97 Å². The van der Waals surface area contributed by atoms with Crippen molar-refractivity contribution in [2.75, 3.05) is 0 Å². The van der Waals surface area contributed by atoms with Crippen molar-refractivity contribution in [3.05, 3.63) is 12.2 Å². The Balaban J connectivity index is 1.13. The van der Waals surface area contributed by atoms with Crippen molar-refractivity contribution in [1.82, 2.24) is 0 Å². The van der Waals surface area contributed by atoms with Gasteiger partial charge in [-0.15, -0.1) is 0 Å². The number of carbonyl (C=O) groups excluding carboxylic acids is 1. The van der Waals surface area contributed by atoms with Gasteiger partial charge in [-0.1, -0.05) is 19.1 Å². The summed E-state index contributed by atoms with van der Waals surface area (Å²) in [5.41, 5.74) is -0.00268. The fraction of sp³-hybridized carbons (Fsp3) is 0.864.